The third kappa shape index (κ3) is 7.20. The number of hydrogen-bond donors (Lipinski definition) is 1. The van der Waals surface area contributed by atoms with Crippen LogP contribution in [0.15, 0.2) is 0 Å². The van der Waals surface area contributed by atoms with Gasteiger partial charge in [0.15, 0.2) is 0 Å². The first kappa shape index (κ1) is 13.3. The van der Waals surface area contributed by atoms with Gasteiger partial charge < -0.3 is 10.1 Å². The van der Waals surface area contributed by atoms with Crippen molar-refractivity contribution in [3.8, 4) is 0 Å². The average molecular weight is 231 g/mol. The zero-order valence-electron chi connectivity index (χ0n) is 10.3. The number of hydrogen-bond acceptors (Lipinski definition) is 3. The lowest BCUT2D eigenvalue weighted by molar-refractivity contribution is -0.00102. The van der Waals surface area contributed by atoms with Gasteiger partial charge >= 0.3 is 0 Å². The summed E-state index contributed by atoms with van der Waals surface area (Å²) in [5.74, 6) is 3.61. The lowest BCUT2D eigenvalue weighted by Crippen LogP contribution is -2.31. The van der Waals surface area contributed by atoms with E-state index in [2.05, 4.69) is 37.8 Å². The molecule has 0 saturated carbocycles. The minimum absolute atomic E-state index is 0.00313. The maximum atomic E-state index is 5.65. The van der Waals surface area contributed by atoms with Crippen LogP contribution in [0.1, 0.15) is 33.6 Å². The Kier molecular flexibility index (Phi) is 6.02. The maximum Gasteiger partial charge on any atom is 0.0599 e. The van der Waals surface area contributed by atoms with Crippen molar-refractivity contribution in [3.63, 3.8) is 0 Å². The van der Waals surface area contributed by atoms with Crippen molar-refractivity contribution >= 4 is 11.8 Å². The maximum absolute atomic E-state index is 5.65. The number of ether oxygens (including phenoxy) is 1. The first-order chi connectivity index (χ1) is 7.08. The molecule has 0 aromatic rings. The van der Waals surface area contributed by atoms with Crippen LogP contribution in [0.3, 0.4) is 0 Å². The van der Waals surface area contributed by atoms with Crippen LogP contribution in [-0.2, 0) is 4.74 Å². The molecular formula is C12H25NOS. The number of thioether (sulfide) groups is 1. The van der Waals surface area contributed by atoms with Crippen molar-refractivity contribution in [2.24, 2.45) is 5.92 Å². The van der Waals surface area contributed by atoms with Gasteiger partial charge in [0, 0.05) is 6.54 Å². The molecule has 1 aliphatic rings. The molecule has 90 valence electrons. The van der Waals surface area contributed by atoms with E-state index in [1.807, 2.05) is 0 Å². The SMILES string of the molecule is CC(C)(C)OCCNCC1CCSCC1. The molecule has 0 aromatic heterocycles. The van der Waals surface area contributed by atoms with Crippen LogP contribution in [0.5, 0.6) is 0 Å². The van der Waals surface area contributed by atoms with Crippen molar-refractivity contribution in [1.82, 2.24) is 5.32 Å². The topological polar surface area (TPSA) is 21.3 Å². The van der Waals surface area contributed by atoms with Gasteiger partial charge in [-0.25, -0.2) is 0 Å². The van der Waals surface area contributed by atoms with Crippen LogP contribution in [0.2, 0.25) is 0 Å². The van der Waals surface area contributed by atoms with Gasteiger partial charge in [-0.05, 0) is 57.6 Å². The molecule has 1 heterocycles. The van der Waals surface area contributed by atoms with Gasteiger partial charge in [-0.1, -0.05) is 0 Å². The summed E-state index contributed by atoms with van der Waals surface area (Å²) in [4.78, 5) is 0. The molecule has 0 aliphatic carbocycles. The quantitative estimate of drug-likeness (QED) is 0.735. The Hall–Kier alpha value is 0.270. The van der Waals surface area contributed by atoms with Crippen LogP contribution in [0, 0.1) is 5.92 Å². The Labute approximate surface area is 98.5 Å². The van der Waals surface area contributed by atoms with Crippen molar-refractivity contribution in [2.45, 2.75) is 39.2 Å². The minimum atomic E-state index is 0.00313. The Balaban J connectivity index is 1.92. The first-order valence-electron chi connectivity index (χ1n) is 6.00. The molecule has 15 heavy (non-hydrogen) atoms. The van der Waals surface area contributed by atoms with E-state index in [4.69, 9.17) is 4.74 Å². The molecule has 0 amide bonds. The molecular weight excluding hydrogens is 206 g/mol. The molecule has 0 bridgehead atoms. The monoisotopic (exact) mass is 231 g/mol. The smallest absolute Gasteiger partial charge is 0.0599 e. The van der Waals surface area contributed by atoms with Gasteiger partial charge in [0.1, 0.15) is 0 Å². The molecule has 0 spiro atoms. The van der Waals surface area contributed by atoms with E-state index in [1.165, 1.54) is 30.9 Å². The predicted molar refractivity (Wildman–Crippen MR) is 68.6 cm³/mol. The molecule has 0 unspecified atom stereocenters. The molecule has 3 heteroatoms. The molecule has 0 atom stereocenters. The Morgan fingerprint density at radius 3 is 2.53 bits per heavy atom. The summed E-state index contributed by atoms with van der Waals surface area (Å²) in [6, 6.07) is 0. The van der Waals surface area contributed by atoms with Gasteiger partial charge in [0.25, 0.3) is 0 Å². The van der Waals surface area contributed by atoms with E-state index in [-0.39, 0.29) is 5.60 Å². The molecule has 2 nitrogen and oxygen atoms in total. The molecule has 1 N–H and O–H groups in total. The fraction of sp³-hybridized carbons (Fsp3) is 1.00. The van der Waals surface area contributed by atoms with Crippen LogP contribution in [0.25, 0.3) is 0 Å². The second kappa shape index (κ2) is 6.77. The highest BCUT2D eigenvalue weighted by atomic mass is 32.2. The van der Waals surface area contributed by atoms with Crippen LogP contribution in [-0.4, -0.2) is 36.8 Å². The van der Waals surface area contributed by atoms with E-state index < -0.39 is 0 Å². The Morgan fingerprint density at radius 1 is 1.27 bits per heavy atom. The number of nitrogens with one attached hydrogen (secondary N) is 1. The van der Waals surface area contributed by atoms with Crippen molar-refractivity contribution < 1.29 is 4.74 Å². The van der Waals surface area contributed by atoms with Gasteiger partial charge in [-0.2, -0.15) is 11.8 Å². The summed E-state index contributed by atoms with van der Waals surface area (Å²) in [7, 11) is 0. The Morgan fingerprint density at radius 2 is 1.93 bits per heavy atom. The second-order valence-electron chi connectivity index (χ2n) is 5.22. The summed E-state index contributed by atoms with van der Waals surface area (Å²) < 4.78 is 5.65. The van der Waals surface area contributed by atoms with E-state index in [1.54, 1.807) is 0 Å². The predicted octanol–water partition coefficient (Wildman–Crippen LogP) is 2.53. The second-order valence-corrected chi connectivity index (χ2v) is 6.45. The zero-order valence-corrected chi connectivity index (χ0v) is 11.2. The third-order valence-corrected chi connectivity index (χ3v) is 3.64. The van der Waals surface area contributed by atoms with Crippen LogP contribution < -0.4 is 5.32 Å². The number of rotatable bonds is 5. The summed E-state index contributed by atoms with van der Waals surface area (Å²) in [6.45, 7) is 9.29. The fourth-order valence-corrected chi connectivity index (χ4v) is 2.89. The first-order valence-corrected chi connectivity index (χ1v) is 7.16. The van der Waals surface area contributed by atoms with E-state index in [0.29, 0.717) is 0 Å². The van der Waals surface area contributed by atoms with Gasteiger partial charge in [0.2, 0.25) is 0 Å². The van der Waals surface area contributed by atoms with Crippen molar-refractivity contribution in [1.29, 1.82) is 0 Å². The van der Waals surface area contributed by atoms with Crippen LogP contribution in [0.4, 0.5) is 0 Å². The van der Waals surface area contributed by atoms with Crippen molar-refractivity contribution in [2.75, 3.05) is 31.2 Å². The minimum Gasteiger partial charge on any atom is -0.375 e. The fourth-order valence-electron chi connectivity index (χ4n) is 1.69. The molecule has 0 radical (unpaired) electrons. The molecule has 1 rings (SSSR count). The van der Waals surface area contributed by atoms with Gasteiger partial charge in [-0.3, -0.25) is 0 Å². The molecule has 1 fully saturated rings. The highest BCUT2D eigenvalue weighted by Gasteiger charge is 2.13. The molecule has 1 aliphatic heterocycles. The van der Waals surface area contributed by atoms with E-state index >= 15 is 0 Å². The summed E-state index contributed by atoms with van der Waals surface area (Å²) in [5.41, 5.74) is 0.00313. The van der Waals surface area contributed by atoms with Crippen molar-refractivity contribution in [3.05, 3.63) is 0 Å². The molecule has 0 aromatic carbocycles. The van der Waals surface area contributed by atoms with Gasteiger partial charge in [0.05, 0.1) is 12.2 Å². The summed E-state index contributed by atoms with van der Waals surface area (Å²) in [6.07, 6.45) is 2.77. The summed E-state index contributed by atoms with van der Waals surface area (Å²) in [5, 5.41) is 3.49. The highest BCUT2D eigenvalue weighted by Crippen LogP contribution is 2.21. The Bertz CT molecular complexity index is 161. The molecule has 1 saturated heterocycles. The standard InChI is InChI=1S/C12H25NOS/c1-12(2,3)14-7-6-13-10-11-4-8-15-9-5-11/h11,13H,4-10H2,1-3H3. The zero-order chi connectivity index (χ0) is 11.1. The lowest BCUT2D eigenvalue weighted by Gasteiger charge is -2.23. The van der Waals surface area contributed by atoms with Gasteiger partial charge in [-0.15, -0.1) is 0 Å². The average Bonchev–Trinajstić information content (AvgIpc) is 2.17. The summed E-state index contributed by atoms with van der Waals surface area (Å²) >= 11 is 2.09. The van der Waals surface area contributed by atoms with E-state index in [9.17, 15) is 0 Å². The van der Waals surface area contributed by atoms with E-state index in [0.717, 1.165) is 19.1 Å². The van der Waals surface area contributed by atoms with Crippen LogP contribution >= 0.6 is 11.8 Å². The largest absolute Gasteiger partial charge is 0.375 e. The third-order valence-electron chi connectivity index (χ3n) is 2.59. The normalized spacial score (nSPS) is 19.4. The highest BCUT2D eigenvalue weighted by molar-refractivity contribution is 7.99. The lowest BCUT2D eigenvalue weighted by atomic mass is 10.0.